The minimum absolute atomic E-state index is 0.00953. The van der Waals surface area contributed by atoms with E-state index >= 15 is 0 Å². The van der Waals surface area contributed by atoms with Crippen molar-refractivity contribution in [3.05, 3.63) is 60.5 Å². The first-order chi connectivity index (χ1) is 14.0. The summed E-state index contributed by atoms with van der Waals surface area (Å²) in [6.45, 7) is 0.657. The van der Waals surface area contributed by atoms with Crippen molar-refractivity contribution < 1.29 is 9.21 Å². The molecular formula is C23H26N4O2. The Morgan fingerprint density at radius 1 is 1.03 bits per heavy atom. The fourth-order valence-corrected chi connectivity index (χ4v) is 5.15. The molecule has 0 unspecified atom stereocenters. The lowest BCUT2D eigenvalue weighted by atomic mass is 9.69. The van der Waals surface area contributed by atoms with Crippen LogP contribution in [-0.4, -0.2) is 42.1 Å². The van der Waals surface area contributed by atoms with Crippen LogP contribution in [0.15, 0.2) is 59.3 Å². The van der Waals surface area contributed by atoms with Crippen LogP contribution in [0.4, 0.5) is 10.5 Å². The van der Waals surface area contributed by atoms with E-state index in [0.29, 0.717) is 12.1 Å². The Morgan fingerprint density at radius 2 is 1.79 bits per heavy atom. The quantitative estimate of drug-likeness (QED) is 0.731. The van der Waals surface area contributed by atoms with E-state index in [9.17, 15) is 4.79 Å². The third-order valence-corrected chi connectivity index (χ3v) is 6.91. The second-order valence-electron chi connectivity index (χ2n) is 8.57. The fraction of sp³-hybridized carbons (Fsp3) is 0.391. The van der Waals surface area contributed by atoms with Crippen molar-refractivity contribution in [1.82, 2.24) is 15.2 Å². The van der Waals surface area contributed by atoms with E-state index in [4.69, 9.17) is 4.42 Å². The topological polar surface area (TPSA) is 61.6 Å². The first-order valence-electron chi connectivity index (χ1n) is 10.2. The number of nitrogens with one attached hydrogen (secondary N) is 1. The van der Waals surface area contributed by atoms with Crippen LogP contribution in [0, 0.1) is 0 Å². The van der Waals surface area contributed by atoms with E-state index < -0.39 is 0 Å². The molecule has 1 saturated carbocycles. The number of oxazole rings is 1. The SMILES string of the molecule is CN(C)C1(c2ccccc2)CCC2(CC1)CN(c1cccc3ncoc13)C(=O)N2. The van der Waals surface area contributed by atoms with Crippen LogP contribution in [0.25, 0.3) is 11.1 Å². The zero-order valence-electron chi connectivity index (χ0n) is 16.9. The van der Waals surface area contributed by atoms with Gasteiger partial charge >= 0.3 is 6.03 Å². The third kappa shape index (κ3) is 2.82. The van der Waals surface area contributed by atoms with Gasteiger partial charge in [0.05, 0.1) is 17.8 Å². The number of nitrogens with zero attached hydrogens (tertiary/aromatic N) is 3. The molecule has 1 aromatic heterocycles. The number of amides is 2. The largest absolute Gasteiger partial charge is 0.441 e. The molecule has 2 aliphatic rings. The van der Waals surface area contributed by atoms with Gasteiger partial charge in [0.1, 0.15) is 5.52 Å². The van der Waals surface area contributed by atoms with Crippen LogP contribution in [-0.2, 0) is 5.54 Å². The maximum Gasteiger partial charge on any atom is 0.322 e. The lowest BCUT2D eigenvalue weighted by Gasteiger charge is -2.48. The summed E-state index contributed by atoms with van der Waals surface area (Å²) in [6, 6.07) is 16.4. The molecule has 5 rings (SSSR count). The van der Waals surface area contributed by atoms with Crippen LogP contribution in [0.2, 0.25) is 0 Å². The highest BCUT2D eigenvalue weighted by molar-refractivity contribution is 6.01. The molecule has 2 fully saturated rings. The standard InChI is InChI=1S/C23H26N4O2/c1-26(2)23(17-7-4-3-5-8-17)13-11-22(12-14-23)15-27(21(28)25-22)19-10-6-9-18-20(19)29-16-24-18/h3-10,16H,11-15H2,1-2H3,(H,25,28). The van der Waals surface area contributed by atoms with Gasteiger partial charge < -0.3 is 9.73 Å². The van der Waals surface area contributed by atoms with E-state index in [1.54, 1.807) is 0 Å². The van der Waals surface area contributed by atoms with Crippen LogP contribution >= 0.6 is 0 Å². The number of para-hydroxylation sites is 1. The molecule has 0 bridgehead atoms. The zero-order valence-corrected chi connectivity index (χ0v) is 16.9. The monoisotopic (exact) mass is 390 g/mol. The van der Waals surface area contributed by atoms with Gasteiger partial charge in [-0.2, -0.15) is 0 Å². The van der Waals surface area contributed by atoms with Crippen molar-refractivity contribution in [1.29, 1.82) is 0 Å². The van der Waals surface area contributed by atoms with E-state index in [-0.39, 0.29) is 17.1 Å². The summed E-state index contributed by atoms with van der Waals surface area (Å²) in [5, 5.41) is 3.31. The summed E-state index contributed by atoms with van der Waals surface area (Å²) in [4.78, 5) is 21.3. The average Bonchev–Trinajstić information content (AvgIpc) is 3.34. The molecule has 1 aliphatic carbocycles. The number of benzene rings is 2. The third-order valence-electron chi connectivity index (χ3n) is 6.91. The molecule has 2 amide bonds. The van der Waals surface area contributed by atoms with Gasteiger partial charge in [-0.25, -0.2) is 9.78 Å². The van der Waals surface area contributed by atoms with Crippen molar-refractivity contribution >= 4 is 22.8 Å². The van der Waals surface area contributed by atoms with Crippen molar-refractivity contribution in [2.75, 3.05) is 25.5 Å². The predicted molar refractivity (Wildman–Crippen MR) is 113 cm³/mol. The minimum atomic E-state index is -0.201. The molecule has 1 N–H and O–H groups in total. The first-order valence-corrected chi connectivity index (χ1v) is 10.2. The molecule has 29 heavy (non-hydrogen) atoms. The van der Waals surface area contributed by atoms with E-state index in [2.05, 4.69) is 59.6 Å². The highest BCUT2D eigenvalue weighted by Crippen LogP contribution is 2.46. The Hall–Kier alpha value is -2.86. The van der Waals surface area contributed by atoms with E-state index in [1.807, 2.05) is 23.1 Å². The van der Waals surface area contributed by atoms with Crippen LogP contribution < -0.4 is 10.2 Å². The molecule has 0 radical (unpaired) electrons. The Balaban J connectivity index is 1.41. The van der Waals surface area contributed by atoms with Gasteiger partial charge in [0, 0.05) is 5.54 Å². The number of urea groups is 1. The summed E-state index contributed by atoms with van der Waals surface area (Å²) in [7, 11) is 4.32. The van der Waals surface area contributed by atoms with Gasteiger partial charge in [-0.3, -0.25) is 9.80 Å². The highest BCUT2D eigenvalue weighted by Gasteiger charge is 2.50. The van der Waals surface area contributed by atoms with Gasteiger partial charge in [0.2, 0.25) is 0 Å². The van der Waals surface area contributed by atoms with E-state index in [0.717, 1.165) is 36.9 Å². The Bertz CT molecular complexity index is 1040. The second kappa shape index (κ2) is 6.59. The molecule has 0 atom stereocenters. The van der Waals surface area contributed by atoms with Crippen molar-refractivity contribution in [2.24, 2.45) is 0 Å². The number of carbonyl (C=O) groups is 1. The van der Waals surface area contributed by atoms with Gasteiger partial charge in [-0.1, -0.05) is 36.4 Å². The van der Waals surface area contributed by atoms with Crippen LogP contribution in [0.1, 0.15) is 31.2 Å². The number of anilines is 1. The molecule has 2 aromatic carbocycles. The van der Waals surface area contributed by atoms with Crippen molar-refractivity contribution in [2.45, 2.75) is 36.8 Å². The normalized spacial score (nSPS) is 27.1. The highest BCUT2D eigenvalue weighted by atomic mass is 16.3. The maximum atomic E-state index is 12.9. The lowest BCUT2D eigenvalue weighted by molar-refractivity contribution is 0.0658. The fourth-order valence-electron chi connectivity index (χ4n) is 5.15. The number of fused-ring (bicyclic) bond motifs is 1. The molecule has 1 spiro atoms. The lowest BCUT2D eigenvalue weighted by Crippen LogP contribution is -2.54. The van der Waals surface area contributed by atoms with Gasteiger partial charge in [0.25, 0.3) is 0 Å². The molecule has 2 heterocycles. The molecule has 1 aliphatic heterocycles. The molecule has 3 aromatic rings. The number of hydrogen-bond acceptors (Lipinski definition) is 4. The number of rotatable bonds is 3. The minimum Gasteiger partial charge on any atom is -0.441 e. The molecule has 150 valence electrons. The summed E-state index contributed by atoms with van der Waals surface area (Å²) in [6.07, 6.45) is 5.32. The smallest absolute Gasteiger partial charge is 0.322 e. The number of hydrogen-bond donors (Lipinski definition) is 1. The first kappa shape index (κ1) is 18.2. The van der Waals surface area contributed by atoms with Crippen molar-refractivity contribution in [3.8, 4) is 0 Å². The van der Waals surface area contributed by atoms with Gasteiger partial charge in [0.15, 0.2) is 12.0 Å². The van der Waals surface area contributed by atoms with Gasteiger partial charge in [-0.05, 0) is 57.5 Å². The van der Waals surface area contributed by atoms with Crippen LogP contribution in [0.3, 0.4) is 0 Å². The summed E-state index contributed by atoms with van der Waals surface area (Å²) >= 11 is 0. The zero-order chi connectivity index (χ0) is 20.1. The van der Waals surface area contributed by atoms with Crippen LogP contribution in [0.5, 0.6) is 0 Å². The summed E-state index contributed by atoms with van der Waals surface area (Å²) in [5.74, 6) is 0. The van der Waals surface area contributed by atoms with Gasteiger partial charge in [-0.15, -0.1) is 0 Å². The summed E-state index contributed by atoms with van der Waals surface area (Å²) in [5.41, 5.74) is 3.40. The van der Waals surface area contributed by atoms with E-state index in [1.165, 1.54) is 12.0 Å². The average molecular weight is 390 g/mol. The van der Waals surface area contributed by atoms with Crippen molar-refractivity contribution in [3.63, 3.8) is 0 Å². The summed E-state index contributed by atoms with van der Waals surface area (Å²) < 4.78 is 5.57. The number of carbonyl (C=O) groups excluding carboxylic acids is 1. The molecule has 6 heteroatoms. The Labute approximate surface area is 170 Å². The second-order valence-corrected chi connectivity index (χ2v) is 8.57. The maximum absolute atomic E-state index is 12.9. The number of aromatic nitrogens is 1. The molecule has 1 saturated heterocycles. The molecular weight excluding hydrogens is 364 g/mol. The molecule has 6 nitrogen and oxygen atoms in total. The predicted octanol–water partition coefficient (Wildman–Crippen LogP) is 4.13. The Morgan fingerprint density at radius 3 is 2.52 bits per heavy atom. The Kier molecular flexibility index (Phi) is 4.13.